The zero-order valence-electron chi connectivity index (χ0n) is 14.5. The molecule has 3 heterocycles. The Morgan fingerprint density at radius 1 is 0.963 bits per heavy atom. The minimum Gasteiger partial charge on any atom is -0.486 e. The van der Waals surface area contributed by atoms with Crippen LogP contribution in [0.25, 0.3) is 0 Å². The molecule has 1 amide bonds. The van der Waals surface area contributed by atoms with E-state index in [0.29, 0.717) is 30.3 Å². The topological polar surface area (TPSA) is 63.7 Å². The first-order chi connectivity index (χ1) is 13.3. The number of nitrogens with zero attached hydrogens (tertiary/aromatic N) is 2. The molecule has 27 heavy (non-hydrogen) atoms. The highest BCUT2D eigenvalue weighted by Crippen LogP contribution is 2.40. The van der Waals surface area contributed by atoms with E-state index in [-0.39, 0.29) is 5.91 Å². The molecular weight excluding hydrogens is 342 g/mol. The first-order valence-corrected chi connectivity index (χ1v) is 8.81. The largest absolute Gasteiger partial charge is 0.486 e. The van der Waals surface area contributed by atoms with Crippen LogP contribution in [0.2, 0.25) is 0 Å². The number of amides is 1. The summed E-state index contributed by atoms with van der Waals surface area (Å²) in [4.78, 5) is 19.5. The van der Waals surface area contributed by atoms with Gasteiger partial charge in [-0.3, -0.25) is 14.7 Å². The summed E-state index contributed by atoms with van der Waals surface area (Å²) in [6.45, 7) is 1.02. The number of hydrogen-bond acceptors (Lipinski definition) is 5. The van der Waals surface area contributed by atoms with Crippen LogP contribution in [0.3, 0.4) is 0 Å². The molecule has 0 bridgehead atoms. The molecule has 0 unspecified atom stereocenters. The SMILES string of the molecule is O=C1c2ccccc2N[C@@H](c2ccccn2)N1c1ccc2c(c1)OCCO2. The van der Waals surface area contributed by atoms with Gasteiger partial charge >= 0.3 is 0 Å². The van der Waals surface area contributed by atoms with E-state index in [1.165, 1.54) is 0 Å². The van der Waals surface area contributed by atoms with Gasteiger partial charge in [-0.2, -0.15) is 0 Å². The van der Waals surface area contributed by atoms with Crippen molar-refractivity contribution >= 4 is 17.3 Å². The molecule has 1 N–H and O–H groups in total. The van der Waals surface area contributed by atoms with Crippen LogP contribution >= 0.6 is 0 Å². The van der Waals surface area contributed by atoms with Crippen LogP contribution in [0, 0.1) is 0 Å². The number of para-hydroxylation sites is 1. The summed E-state index contributed by atoms with van der Waals surface area (Å²) in [6.07, 6.45) is 1.31. The molecule has 2 aliphatic rings. The monoisotopic (exact) mass is 359 g/mol. The van der Waals surface area contributed by atoms with Gasteiger partial charge in [0.05, 0.1) is 16.9 Å². The first kappa shape index (κ1) is 15.7. The van der Waals surface area contributed by atoms with Gasteiger partial charge in [0.2, 0.25) is 0 Å². The van der Waals surface area contributed by atoms with Crippen molar-refractivity contribution in [3.05, 3.63) is 78.1 Å². The van der Waals surface area contributed by atoms with E-state index in [0.717, 1.165) is 17.1 Å². The Kier molecular flexibility index (Phi) is 3.67. The number of hydrogen-bond donors (Lipinski definition) is 1. The Hall–Kier alpha value is -3.54. The minimum atomic E-state index is -0.420. The van der Waals surface area contributed by atoms with E-state index >= 15 is 0 Å². The number of carbonyl (C=O) groups excluding carboxylic acids is 1. The van der Waals surface area contributed by atoms with E-state index < -0.39 is 6.17 Å². The molecule has 6 heteroatoms. The summed E-state index contributed by atoms with van der Waals surface area (Å²) < 4.78 is 11.3. The summed E-state index contributed by atoms with van der Waals surface area (Å²) >= 11 is 0. The Bertz CT molecular complexity index is 1010. The number of nitrogens with one attached hydrogen (secondary N) is 1. The lowest BCUT2D eigenvalue weighted by molar-refractivity contribution is 0.0974. The fraction of sp³-hybridized carbons (Fsp3) is 0.143. The van der Waals surface area contributed by atoms with E-state index in [9.17, 15) is 4.79 Å². The fourth-order valence-electron chi connectivity index (χ4n) is 3.45. The van der Waals surface area contributed by atoms with Crippen LogP contribution < -0.4 is 19.7 Å². The third-order valence-corrected chi connectivity index (χ3v) is 4.70. The molecule has 0 radical (unpaired) electrons. The highest BCUT2D eigenvalue weighted by atomic mass is 16.6. The van der Waals surface area contributed by atoms with Gasteiger partial charge < -0.3 is 14.8 Å². The molecule has 5 rings (SSSR count). The average molecular weight is 359 g/mol. The molecule has 0 saturated heterocycles. The Labute approximate surface area is 156 Å². The van der Waals surface area contributed by atoms with Crippen molar-refractivity contribution in [2.45, 2.75) is 6.17 Å². The van der Waals surface area contributed by atoms with Gasteiger partial charge in [0.25, 0.3) is 5.91 Å². The lowest BCUT2D eigenvalue weighted by Crippen LogP contribution is -2.43. The summed E-state index contributed by atoms with van der Waals surface area (Å²) in [6, 6.07) is 18.7. The van der Waals surface area contributed by atoms with Crippen LogP contribution in [0.1, 0.15) is 22.2 Å². The summed E-state index contributed by atoms with van der Waals surface area (Å²) in [5, 5.41) is 3.44. The molecule has 6 nitrogen and oxygen atoms in total. The highest BCUT2D eigenvalue weighted by Gasteiger charge is 2.35. The highest BCUT2D eigenvalue weighted by molar-refractivity contribution is 6.12. The molecule has 2 aromatic carbocycles. The van der Waals surface area contributed by atoms with Gasteiger partial charge in [0, 0.05) is 18.0 Å². The third-order valence-electron chi connectivity index (χ3n) is 4.70. The van der Waals surface area contributed by atoms with E-state index in [2.05, 4.69) is 10.3 Å². The number of anilines is 2. The van der Waals surface area contributed by atoms with Gasteiger partial charge in [-0.15, -0.1) is 0 Å². The van der Waals surface area contributed by atoms with Crippen molar-refractivity contribution in [3.63, 3.8) is 0 Å². The molecule has 3 aromatic rings. The van der Waals surface area contributed by atoms with Gasteiger partial charge in [0.15, 0.2) is 17.7 Å². The molecule has 2 aliphatic heterocycles. The Balaban J connectivity index is 1.64. The predicted octanol–water partition coefficient (Wildman–Crippen LogP) is 3.62. The summed E-state index contributed by atoms with van der Waals surface area (Å²) in [5.74, 6) is 1.25. The second kappa shape index (κ2) is 6.32. The van der Waals surface area contributed by atoms with Crippen LogP contribution in [0.5, 0.6) is 11.5 Å². The van der Waals surface area contributed by atoms with Crippen LogP contribution in [0.15, 0.2) is 66.9 Å². The number of benzene rings is 2. The molecule has 0 fully saturated rings. The maximum atomic E-state index is 13.4. The zero-order valence-corrected chi connectivity index (χ0v) is 14.5. The van der Waals surface area contributed by atoms with Crippen molar-refractivity contribution in [2.24, 2.45) is 0 Å². The number of aromatic nitrogens is 1. The number of fused-ring (bicyclic) bond motifs is 2. The third kappa shape index (κ3) is 2.66. The van der Waals surface area contributed by atoms with Gasteiger partial charge in [-0.1, -0.05) is 18.2 Å². The standard InChI is InChI=1S/C21H17N3O3/c25-21-15-5-1-2-6-16(15)23-20(17-7-3-4-10-22-17)24(21)14-8-9-18-19(13-14)27-12-11-26-18/h1-10,13,20,23H,11-12H2/t20-/m1/s1. The smallest absolute Gasteiger partial charge is 0.262 e. The molecule has 1 atom stereocenters. The number of rotatable bonds is 2. The van der Waals surface area contributed by atoms with Gasteiger partial charge in [-0.05, 0) is 36.4 Å². The maximum absolute atomic E-state index is 13.4. The summed E-state index contributed by atoms with van der Waals surface area (Å²) in [5.41, 5.74) is 2.91. The van der Waals surface area contributed by atoms with Crippen LogP contribution in [-0.4, -0.2) is 24.1 Å². The average Bonchev–Trinajstić information content (AvgIpc) is 2.74. The van der Waals surface area contributed by atoms with Gasteiger partial charge in [-0.25, -0.2) is 0 Å². The van der Waals surface area contributed by atoms with E-state index in [4.69, 9.17) is 9.47 Å². The summed E-state index contributed by atoms with van der Waals surface area (Å²) in [7, 11) is 0. The van der Waals surface area contributed by atoms with E-state index in [1.54, 1.807) is 11.1 Å². The van der Waals surface area contributed by atoms with Crippen LogP contribution in [0.4, 0.5) is 11.4 Å². The van der Waals surface area contributed by atoms with Crippen molar-refractivity contribution in [3.8, 4) is 11.5 Å². The number of ether oxygens (including phenoxy) is 2. The lowest BCUT2D eigenvalue weighted by atomic mass is 10.0. The molecular formula is C21H17N3O3. The second-order valence-electron chi connectivity index (χ2n) is 6.35. The first-order valence-electron chi connectivity index (χ1n) is 8.81. The molecule has 0 spiro atoms. The molecule has 1 aromatic heterocycles. The van der Waals surface area contributed by atoms with Gasteiger partial charge in [0.1, 0.15) is 13.2 Å². The zero-order chi connectivity index (χ0) is 18.2. The number of carbonyl (C=O) groups is 1. The predicted molar refractivity (Wildman–Crippen MR) is 101 cm³/mol. The van der Waals surface area contributed by atoms with Crippen molar-refractivity contribution in [2.75, 3.05) is 23.4 Å². The normalized spacial score (nSPS) is 17.9. The Morgan fingerprint density at radius 2 is 1.78 bits per heavy atom. The van der Waals surface area contributed by atoms with Crippen LogP contribution in [-0.2, 0) is 0 Å². The quantitative estimate of drug-likeness (QED) is 0.757. The van der Waals surface area contributed by atoms with E-state index in [1.807, 2.05) is 60.7 Å². The maximum Gasteiger partial charge on any atom is 0.262 e. The number of pyridine rings is 1. The molecule has 134 valence electrons. The molecule has 0 aliphatic carbocycles. The Morgan fingerprint density at radius 3 is 2.63 bits per heavy atom. The lowest BCUT2D eigenvalue weighted by Gasteiger charge is -2.37. The van der Waals surface area contributed by atoms with Crippen molar-refractivity contribution in [1.82, 2.24) is 4.98 Å². The van der Waals surface area contributed by atoms with Crippen molar-refractivity contribution < 1.29 is 14.3 Å². The fourth-order valence-corrected chi connectivity index (χ4v) is 3.45. The van der Waals surface area contributed by atoms with Crippen molar-refractivity contribution in [1.29, 1.82) is 0 Å². The molecule has 0 saturated carbocycles. The second-order valence-corrected chi connectivity index (χ2v) is 6.35. The minimum absolute atomic E-state index is 0.0864.